The fraction of sp³-hybridized carbons (Fsp3) is 0.500. The van der Waals surface area contributed by atoms with Crippen molar-refractivity contribution in [2.45, 2.75) is 89.8 Å². The van der Waals surface area contributed by atoms with E-state index in [2.05, 4.69) is 43.3 Å². The fourth-order valence-corrected chi connectivity index (χ4v) is 8.60. The maximum atomic E-state index is 14.7. The predicted molar refractivity (Wildman–Crippen MR) is 188 cm³/mol. The molecule has 3 fully saturated rings. The van der Waals surface area contributed by atoms with Crippen LogP contribution in [0, 0.1) is 11.7 Å². The molecule has 3 aromatic heterocycles. The summed E-state index contributed by atoms with van der Waals surface area (Å²) in [6, 6.07) is 10.5. The summed E-state index contributed by atoms with van der Waals surface area (Å²) in [5.41, 5.74) is 4.78. The van der Waals surface area contributed by atoms with Gasteiger partial charge in [0.15, 0.2) is 11.6 Å². The van der Waals surface area contributed by atoms with Crippen LogP contribution >= 0.6 is 0 Å². The van der Waals surface area contributed by atoms with Crippen molar-refractivity contribution in [3.8, 4) is 11.3 Å². The van der Waals surface area contributed by atoms with Crippen LogP contribution in [0.2, 0.25) is 0 Å². The molecule has 11 heteroatoms. The monoisotopic (exact) mass is 664 g/mol. The quantitative estimate of drug-likeness (QED) is 0.249. The molecule has 2 amide bonds. The van der Waals surface area contributed by atoms with Crippen LogP contribution in [0.5, 0.6) is 0 Å². The molecule has 1 spiro atoms. The van der Waals surface area contributed by atoms with E-state index in [4.69, 9.17) is 4.98 Å². The maximum Gasteiger partial charge on any atom is 0.238 e. The molecule has 1 saturated carbocycles. The molecule has 0 bridgehead atoms. The molecule has 49 heavy (non-hydrogen) atoms. The number of nitrogens with zero attached hydrogens (tertiary/aromatic N) is 7. The number of carbonyl (C=O) groups is 2. The van der Waals surface area contributed by atoms with Gasteiger partial charge in [-0.15, -0.1) is 0 Å². The second kappa shape index (κ2) is 12.5. The van der Waals surface area contributed by atoms with Crippen LogP contribution in [0.15, 0.2) is 49.1 Å². The van der Waals surface area contributed by atoms with Gasteiger partial charge in [0, 0.05) is 55.1 Å². The number of piperidine rings is 2. The zero-order valence-corrected chi connectivity index (χ0v) is 28.7. The first-order chi connectivity index (χ1) is 23.8. The number of hydrogen-bond acceptors (Lipinski definition) is 7. The molecule has 4 aliphatic rings. The summed E-state index contributed by atoms with van der Waals surface area (Å²) in [7, 11) is 0. The molecule has 1 aliphatic carbocycles. The lowest BCUT2D eigenvalue weighted by molar-refractivity contribution is -0.138. The number of carbonyl (C=O) groups excluding carboxylic acids is 2. The zero-order valence-electron chi connectivity index (χ0n) is 28.7. The third-order valence-electron chi connectivity index (χ3n) is 11.4. The summed E-state index contributed by atoms with van der Waals surface area (Å²) in [4.78, 5) is 47.9. The molecule has 1 aromatic carbocycles. The molecule has 0 radical (unpaired) electrons. The average molecular weight is 665 g/mol. The van der Waals surface area contributed by atoms with Crippen LogP contribution in [0.3, 0.4) is 0 Å². The third-order valence-corrected chi connectivity index (χ3v) is 11.4. The van der Waals surface area contributed by atoms with Crippen molar-refractivity contribution in [2.24, 2.45) is 5.92 Å². The number of amides is 2. The highest BCUT2D eigenvalue weighted by Crippen LogP contribution is 2.52. The molecule has 4 aromatic rings. The Morgan fingerprint density at radius 2 is 1.82 bits per heavy atom. The summed E-state index contributed by atoms with van der Waals surface area (Å²) in [5.74, 6) is 0.307. The molecule has 6 heterocycles. The van der Waals surface area contributed by atoms with Gasteiger partial charge >= 0.3 is 0 Å². The van der Waals surface area contributed by atoms with Gasteiger partial charge in [-0.1, -0.05) is 32.4 Å². The number of fused-ring (bicyclic) bond motifs is 3. The van der Waals surface area contributed by atoms with Crippen LogP contribution < -0.4 is 10.2 Å². The van der Waals surface area contributed by atoms with Crippen LogP contribution in [-0.2, 0) is 21.5 Å². The number of halogens is 1. The minimum Gasteiger partial charge on any atom is -0.342 e. The van der Waals surface area contributed by atoms with Gasteiger partial charge in [-0.25, -0.2) is 14.4 Å². The number of pyridine rings is 2. The number of benzene rings is 1. The lowest BCUT2D eigenvalue weighted by Crippen LogP contribution is -2.58. The molecular formula is C38H45FN8O2. The fourth-order valence-electron chi connectivity index (χ4n) is 8.60. The Labute approximate surface area is 286 Å². The minimum absolute atomic E-state index is 0.0654. The topological polar surface area (TPSA) is 99.5 Å². The Kier molecular flexibility index (Phi) is 8.13. The van der Waals surface area contributed by atoms with Gasteiger partial charge in [0.05, 0.1) is 34.8 Å². The molecular weight excluding hydrogens is 619 g/mol. The maximum absolute atomic E-state index is 14.7. The van der Waals surface area contributed by atoms with Crippen molar-refractivity contribution in [2.75, 3.05) is 36.4 Å². The molecule has 10 nitrogen and oxygen atoms in total. The first kappa shape index (κ1) is 31.9. The van der Waals surface area contributed by atoms with Gasteiger partial charge in [0.2, 0.25) is 11.8 Å². The van der Waals surface area contributed by atoms with Gasteiger partial charge in [0.1, 0.15) is 5.52 Å². The molecule has 256 valence electrons. The third kappa shape index (κ3) is 5.37. The SMILES string of the molecule is CCn1cnc2cc(-c3ccc4c(c3)N([C@H]3C[C@@H](N5CCCCC5)C3)C(=O)C43CCN(C(=O)C(C)C)CC3)nc(Nc3ccncc3F)c21. The highest BCUT2D eigenvalue weighted by Gasteiger charge is 2.56. The number of aryl methyl sites for hydroxylation is 1. The Morgan fingerprint density at radius 1 is 1.04 bits per heavy atom. The van der Waals surface area contributed by atoms with Gasteiger partial charge in [-0.05, 0) is 82.3 Å². The van der Waals surface area contributed by atoms with E-state index in [0.29, 0.717) is 50.0 Å². The number of anilines is 3. The van der Waals surface area contributed by atoms with Crippen molar-refractivity contribution in [1.29, 1.82) is 0 Å². The average Bonchev–Trinajstić information content (AvgIpc) is 3.62. The summed E-state index contributed by atoms with van der Waals surface area (Å²) in [6.07, 6.45) is 11.5. The Morgan fingerprint density at radius 3 is 2.53 bits per heavy atom. The first-order valence-corrected chi connectivity index (χ1v) is 18.0. The summed E-state index contributed by atoms with van der Waals surface area (Å²) in [6.45, 7) is 10.1. The van der Waals surface area contributed by atoms with Crippen molar-refractivity contribution in [3.05, 3.63) is 60.4 Å². The van der Waals surface area contributed by atoms with Crippen LogP contribution in [0.1, 0.15) is 71.3 Å². The van der Waals surface area contributed by atoms with Gasteiger partial charge < -0.3 is 24.6 Å². The number of rotatable bonds is 7. The lowest BCUT2D eigenvalue weighted by atomic mass is 9.73. The number of imidazole rings is 1. The number of nitrogens with one attached hydrogen (secondary N) is 1. The normalized spacial score (nSPS) is 22.2. The molecule has 1 N–H and O–H groups in total. The van der Waals surface area contributed by atoms with E-state index in [0.717, 1.165) is 53.8 Å². The van der Waals surface area contributed by atoms with Crippen molar-refractivity contribution < 1.29 is 14.0 Å². The summed E-state index contributed by atoms with van der Waals surface area (Å²) >= 11 is 0. The van der Waals surface area contributed by atoms with Gasteiger partial charge in [0.25, 0.3) is 0 Å². The first-order valence-electron chi connectivity index (χ1n) is 18.0. The highest BCUT2D eigenvalue weighted by atomic mass is 19.1. The van der Waals surface area contributed by atoms with Crippen LogP contribution in [-0.4, -0.2) is 79.4 Å². The van der Waals surface area contributed by atoms with Gasteiger partial charge in [-0.3, -0.25) is 14.6 Å². The van der Waals surface area contributed by atoms with E-state index in [-0.39, 0.29) is 29.5 Å². The molecule has 0 atom stereocenters. The minimum atomic E-state index is -0.638. The number of aromatic nitrogens is 4. The van der Waals surface area contributed by atoms with E-state index in [1.54, 1.807) is 18.6 Å². The number of hydrogen-bond donors (Lipinski definition) is 1. The smallest absolute Gasteiger partial charge is 0.238 e. The standard InChI is InChI=1S/C38H45FN8O2/c1-4-44-23-41-32-21-31(43-35(34(32)44)42-30-10-13-40-22-29(30)39)25-8-9-28-33(18-25)47(27-19-26(20-27)45-14-6-5-7-15-45)37(49)38(28)11-16-46(17-12-38)36(48)24(2)3/h8-10,13,18,21-24,26-27H,4-7,11-12,14-17,19-20H2,1-3H3,(H,40,42,43)/t26-,27+. The summed E-state index contributed by atoms with van der Waals surface area (Å²) < 4.78 is 16.7. The molecule has 2 saturated heterocycles. The largest absolute Gasteiger partial charge is 0.342 e. The van der Waals surface area contributed by atoms with Crippen molar-refractivity contribution in [3.63, 3.8) is 0 Å². The molecule has 8 rings (SSSR count). The Hall–Kier alpha value is -4.38. The van der Waals surface area contributed by atoms with Crippen LogP contribution in [0.25, 0.3) is 22.3 Å². The van der Waals surface area contributed by atoms with Crippen LogP contribution in [0.4, 0.5) is 21.6 Å². The van der Waals surface area contributed by atoms with Crippen molar-refractivity contribution >= 4 is 40.0 Å². The zero-order chi connectivity index (χ0) is 33.9. The second-order valence-corrected chi connectivity index (χ2v) is 14.6. The number of likely N-dealkylation sites (tertiary alicyclic amines) is 2. The van der Waals surface area contributed by atoms with E-state index >= 15 is 0 Å². The van der Waals surface area contributed by atoms with E-state index in [1.165, 1.54) is 25.5 Å². The summed E-state index contributed by atoms with van der Waals surface area (Å²) in [5, 5.41) is 3.21. The predicted octanol–water partition coefficient (Wildman–Crippen LogP) is 6.28. The highest BCUT2D eigenvalue weighted by molar-refractivity contribution is 6.09. The van der Waals surface area contributed by atoms with E-state index in [9.17, 15) is 14.0 Å². The van der Waals surface area contributed by atoms with E-state index < -0.39 is 11.2 Å². The molecule has 3 aliphatic heterocycles. The Bertz CT molecular complexity index is 1900. The van der Waals surface area contributed by atoms with Gasteiger partial charge in [-0.2, -0.15) is 0 Å². The van der Waals surface area contributed by atoms with E-state index in [1.807, 2.05) is 36.3 Å². The second-order valence-electron chi connectivity index (χ2n) is 14.6. The van der Waals surface area contributed by atoms with Crippen molar-refractivity contribution in [1.82, 2.24) is 29.3 Å². The molecule has 0 unspecified atom stereocenters. The lowest BCUT2D eigenvalue weighted by Gasteiger charge is -2.48. The Balaban J connectivity index is 1.17.